The van der Waals surface area contributed by atoms with Crippen LogP contribution in [0.1, 0.15) is 26.2 Å². The largest absolute Gasteiger partial charge is 0.466 e. The van der Waals surface area contributed by atoms with Gasteiger partial charge in [0.25, 0.3) is 0 Å². The number of halogens is 1. The predicted molar refractivity (Wildman–Crippen MR) is 44.4 cm³/mol. The van der Waals surface area contributed by atoms with Crippen molar-refractivity contribution >= 4 is 5.97 Å². The van der Waals surface area contributed by atoms with Crippen molar-refractivity contribution < 1.29 is 13.9 Å². The molecule has 0 radical (unpaired) electrons. The van der Waals surface area contributed by atoms with Crippen molar-refractivity contribution in [2.75, 3.05) is 13.2 Å². The average Bonchev–Trinajstić information content (AvgIpc) is 2.02. The Morgan fingerprint density at radius 3 is 2.75 bits per heavy atom. The van der Waals surface area contributed by atoms with E-state index in [4.69, 9.17) is 5.73 Å². The maximum atomic E-state index is 12.7. The summed E-state index contributed by atoms with van der Waals surface area (Å²) in [4.78, 5) is 10.7. The van der Waals surface area contributed by atoms with Gasteiger partial charge < -0.3 is 10.5 Å². The lowest BCUT2D eigenvalue weighted by molar-refractivity contribution is -0.143. The number of esters is 1. The first-order valence-electron chi connectivity index (χ1n) is 4.20. The van der Waals surface area contributed by atoms with Crippen LogP contribution in [0.15, 0.2) is 0 Å². The molecule has 0 fully saturated rings. The molecule has 4 heteroatoms. The zero-order chi connectivity index (χ0) is 9.40. The summed E-state index contributed by atoms with van der Waals surface area (Å²) in [6.45, 7) is 2.40. The minimum atomic E-state index is -0.973. The second kappa shape index (κ2) is 7.03. The summed E-state index contributed by atoms with van der Waals surface area (Å²) in [6, 6.07) is 0. The number of hydrogen-bond acceptors (Lipinski definition) is 3. The van der Waals surface area contributed by atoms with Gasteiger partial charge in [-0.15, -0.1) is 0 Å². The molecule has 0 aromatic carbocycles. The van der Waals surface area contributed by atoms with Crippen molar-refractivity contribution in [2.45, 2.75) is 32.4 Å². The van der Waals surface area contributed by atoms with Gasteiger partial charge in [-0.1, -0.05) is 0 Å². The third-order valence-corrected chi connectivity index (χ3v) is 1.45. The molecule has 0 heterocycles. The highest BCUT2D eigenvalue weighted by atomic mass is 19.1. The molecule has 0 aliphatic rings. The second-order valence-corrected chi connectivity index (χ2v) is 2.52. The molecule has 0 aromatic heterocycles. The van der Waals surface area contributed by atoms with E-state index in [-0.39, 0.29) is 18.8 Å². The molecule has 0 spiro atoms. The molecule has 3 nitrogen and oxygen atoms in total. The van der Waals surface area contributed by atoms with Crippen molar-refractivity contribution in [1.82, 2.24) is 0 Å². The van der Waals surface area contributed by atoms with E-state index in [0.717, 1.165) is 0 Å². The highest BCUT2D eigenvalue weighted by Crippen LogP contribution is 2.06. The Morgan fingerprint density at radius 2 is 2.25 bits per heavy atom. The summed E-state index contributed by atoms with van der Waals surface area (Å²) >= 11 is 0. The molecule has 0 saturated heterocycles. The summed E-state index contributed by atoms with van der Waals surface area (Å²) in [7, 11) is 0. The average molecular weight is 177 g/mol. The van der Waals surface area contributed by atoms with Crippen LogP contribution in [-0.2, 0) is 9.53 Å². The highest BCUT2D eigenvalue weighted by molar-refractivity contribution is 5.69. The molecule has 12 heavy (non-hydrogen) atoms. The summed E-state index contributed by atoms with van der Waals surface area (Å²) in [6.07, 6.45) is -0.288. The normalized spacial score (nSPS) is 12.6. The fourth-order valence-electron chi connectivity index (χ4n) is 0.833. The van der Waals surface area contributed by atoms with Crippen LogP contribution in [0.5, 0.6) is 0 Å². The van der Waals surface area contributed by atoms with E-state index >= 15 is 0 Å². The lowest BCUT2D eigenvalue weighted by atomic mass is 10.1. The van der Waals surface area contributed by atoms with Crippen molar-refractivity contribution in [2.24, 2.45) is 5.73 Å². The van der Waals surface area contributed by atoms with E-state index < -0.39 is 6.17 Å². The molecule has 0 aromatic rings. The summed E-state index contributed by atoms with van der Waals surface area (Å²) in [5, 5.41) is 0. The molecular formula is C8H16FNO2. The third kappa shape index (κ3) is 6.09. The second-order valence-electron chi connectivity index (χ2n) is 2.52. The smallest absolute Gasteiger partial charge is 0.305 e. The lowest BCUT2D eigenvalue weighted by Gasteiger charge is -2.05. The van der Waals surface area contributed by atoms with Crippen molar-refractivity contribution in [1.29, 1.82) is 0 Å². The predicted octanol–water partition coefficient (Wildman–Crippen LogP) is 1.02. The standard InChI is InChI=1S/C8H16FNO2/c1-2-12-8(11)4-3-7(9)5-6-10/h7H,2-6,10H2,1H3. The van der Waals surface area contributed by atoms with Crippen LogP contribution in [0, 0.1) is 0 Å². The number of rotatable bonds is 6. The fourth-order valence-corrected chi connectivity index (χ4v) is 0.833. The number of hydrogen-bond donors (Lipinski definition) is 1. The van der Waals surface area contributed by atoms with Crippen molar-refractivity contribution in [3.05, 3.63) is 0 Å². The maximum Gasteiger partial charge on any atom is 0.305 e. The third-order valence-electron chi connectivity index (χ3n) is 1.45. The van der Waals surface area contributed by atoms with E-state index in [1.165, 1.54) is 0 Å². The SMILES string of the molecule is CCOC(=O)CCC(F)CCN. The van der Waals surface area contributed by atoms with Gasteiger partial charge in [0.1, 0.15) is 6.17 Å². The molecule has 0 bridgehead atoms. The summed E-state index contributed by atoms with van der Waals surface area (Å²) in [5.74, 6) is -0.336. The maximum absolute atomic E-state index is 12.7. The quantitative estimate of drug-likeness (QED) is 0.616. The van der Waals surface area contributed by atoms with Crippen LogP contribution < -0.4 is 5.73 Å². The highest BCUT2D eigenvalue weighted by Gasteiger charge is 2.08. The molecular weight excluding hydrogens is 161 g/mol. The van der Waals surface area contributed by atoms with Crippen molar-refractivity contribution in [3.63, 3.8) is 0 Å². The van der Waals surface area contributed by atoms with Gasteiger partial charge in [-0.3, -0.25) is 4.79 Å². The summed E-state index contributed by atoms with van der Waals surface area (Å²) in [5.41, 5.74) is 5.14. The van der Waals surface area contributed by atoms with Gasteiger partial charge in [-0.25, -0.2) is 4.39 Å². The van der Waals surface area contributed by atoms with E-state index in [1.54, 1.807) is 6.92 Å². The van der Waals surface area contributed by atoms with E-state index in [1.807, 2.05) is 0 Å². The van der Waals surface area contributed by atoms with Gasteiger partial charge in [0.2, 0.25) is 0 Å². The lowest BCUT2D eigenvalue weighted by Crippen LogP contribution is -2.12. The van der Waals surface area contributed by atoms with Crippen LogP contribution in [0.3, 0.4) is 0 Å². The molecule has 1 atom stereocenters. The first-order valence-corrected chi connectivity index (χ1v) is 4.20. The molecule has 1 unspecified atom stereocenters. The Bertz CT molecular complexity index is 130. The fraction of sp³-hybridized carbons (Fsp3) is 0.875. The number of alkyl halides is 1. The minimum absolute atomic E-state index is 0.148. The first kappa shape index (κ1) is 11.4. The molecule has 0 aliphatic carbocycles. The minimum Gasteiger partial charge on any atom is -0.466 e. The van der Waals surface area contributed by atoms with E-state index in [0.29, 0.717) is 19.6 Å². The molecule has 0 rings (SSSR count). The van der Waals surface area contributed by atoms with Crippen LogP contribution in [-0.4, -0.2) is 25.3 Å². The Balaban J connectivity index is 3.33. The monoisotopic (exact) mass is 177 g/mol. The van der Waals surface area contributed by atoms with E-state index in [9.17, 15) is 9.18 Å². The zero-order valence-corrected chi connectivity index (χ0v) is 7.38. The molecule has 0 saturated carbocycles. The van der Waals surface area contributed by atoms with Crippen LogP contribution >= 0.6 is 0 Å². The van der Waals surface area contributed by atoms with Gasteiger partial charge in [0.05, 0.1) is 6.61 Å². The Kier molecular flexibility index (Phi) is 6.66. The van der Waals surface area contributed by atoms with Gasteiger partial charge in [-0.05, 0) is 26.3 Å². The van der Waals surface area contributed by atoms with Gasteiger partial charge >= 0.3 is 5.97 Å². The molecule has 0 aliphatic heterocycles. The Hall–Kier alpha value is -0.640. The molecule has 2 N–H and O–H groups in total. The van der Waals surface area contributed by atoms with Gasteiger partial charge in [0, 0.05) is 6.42 Å². The Morgan fingerprint density at radius 1 is 1.58 bits per heavy atom. The molecule has 72 valence electrons. The Labute approximate surface area is 72.1 Å². The van der Waals surface area contributed by atoms with Gasteiger partial charge in [-0.2, -0.15) is 0 Å². The topological polar surface area (TPSA) is 52.3 Å². The number of carbonyl (C=O) groups is 1. The number of nitrogens with two attached hydrogens (primary N) is 1. The van der Waals surface area contributed by atoms with E-state index in [2.05, 4.69) is 4.74 Å². The van der Waals surface area contributed by atoms with Crippen LogP contribution in [0.4, 0.5) is 4.39 Å². The number of carbonyl (C=O) groups excluding carboxylic acids is 1. The van der Waals surface area contributed by atoms with Crippen molar-refractivity contribution in [3.8, 4) is 0 Å². The number of ether oxygens (including phenoxy) is 1. The zero-order valence-electron chi connectivity index (χ0n) is 7.38. The van der Waals surface area contributed by atoms with Crippen LogP contribution in [0.2, 0.25) is 0 Å². The summed E-state index contributed by atoms with van der Waals surface area (Å²) < 4.78 is 17.3. The first-order chi connectivity index (χ1) is 5.70. The molecule has 0 amide bonds. The van der Waals surface area contributed by atoms with Crippen LogP contribution in [0.25, 0.3) is 0 Å². The van der Waals surface area contributed by atoms with Gasteiger partial charge in [0.15, 0.2) is 0 Å².